The Bertz CT molecular complexity index is 449. The van der Waals surface area contributed by atoms with Crippen LogP contribution in [0.15, 0.2) is 30.9 Å². The summed E-state index contributed by atoms with van der Waals surface area (Å²) in [7, 11) is 0. The molecule has 0 saturated heterocycles. The summed E-state index contributed by atoms with van der Waals surface area (Å²) in [5.74, 6) is -1.56. The van der Waals surface area contributed by atoms with Crippen LogP contribution in [0.5, 0.6) is 0 Å². The van der Waals surface area contributed by atoms with Gasteiger partial charge in [-0.05, 0) is 31.0 Å². The normalized spacial score (nSPS) is 11.3. The number of unbranched alkanes of at least 4 members (excludes halogenated alkanes) is 1. The summed E-state index contributed by atoms with van der Waals surface area (Å²) in [5, 5.41) is 0. The molecule has 5 heteroatoms. The third-order valence-electron chi connectivity index (χ3n) is 2.40. The van der Waals surface area contributed by atoms with E-state index in [9.17, 15) is 22.4 Å². The quantitative estimate of drug-likeness (QED) is 0.332. The molecule has 0 saturated carbocycles. The SMILES string of the molecule is C=CCCCC(=O)c1cc(F)ccc1C(F)(F)F. The summed E-state index contributed by atoms with van der Waals surface area (Å²) < 4.78 is 50.9. The molecule has 98 valence electrons. The summed E-state index contributed by atoms with van der Waals surface area (Å²) in [5.41, 5.74) is -1.70. The van der Waals surface area contributed by atoms with Gasteiger partial charge in [-0.2, -0.15) is 13.2 Å². The molecule has 1 aromatic rings. The molecule has 1 nitrogen and oxygen atoms in total. The Labute approximate surface area is 102 Å². The van der Waals surface area contributed by atoms with E-state index in [0.717, 1.165) is 0 Å². The smallest absolute Gasteiger partial charge is 0.294 e. The molecule has 1 rings (SSSR count). The number of hydrogen-bond donors (Lipinski definition) is 0. The van der Waals surface area contributed by atoms with Crippen LogP contribution in [0.4, 0.5) is 17.6 Å². The van der Waals surface area contributed by atoms with Crippen LogP contribution in [0.3, 0.4) is 0 Å². The van der Waals surface area contributed by atoms with E-state index in [1.165, 1.54) is 0 Å². The van der Waals surface area contributed by atoms with E-state index in [0.29, 0.717) is 31.0 Å². The molecule has 0 unspecified atom stereocenters. The summed E-state index contributed by atoms with van der Waals surface area (Å²) in [6, 6.07) is 1.93. The predicted molar refractivity (Wildman–Crippen MR) is 59.8 cm³/mol. The highest BCUT2D eigenvalue weighted by molar-refractivity contribution is 5.97. The molecular weight excluding hydrogens is 248 g/mol. The molecule has 0 aliphatic heterocycles. The van der Waals surface area contributed by atoms with Crippen molar-refractivity contribution in [2.45, 2.75) is 25.4 Å². The van der Waals surface area contributed by atoms with Crippen molar-refractivity contribution in [3.63, 3.8) is 0 Å². The number of halogens is 4. The second-order valence-electron chi connectivity index (χ2n) is 3.79. The van der Waals surface area contributed by atoms with Gasteiger partial charge < -0.3 is 0 Å². The van der Waals surface area contributed by atoms with Crippen molar-refractivity contribution < 1.29 is 22.4 Å². The molecule has 18 heavy (non-hydrogen) atoms. The molecule has 0 aliphatic rings. The van der Waals surface area contributed by atoms with Crippen molar-refractivity contribution in [2.75, 3.05) is 0 Å². The molecule has 0 aromatic heterocycles. The fourth-order valence-corrected chi connectivity index (χ4v) is 1.54. The van der Waals surface area contributed by atoms with Gasteiger partial charge in [-0.25, -0.2) is 4.39 Å². The van der Waals surface area contributed by atoms with E-state index in [-0.39, 0.29) is 6.42 Å². The van der Waals surface area contributed by atoms with Gasteiger partial charge in [-0.3, -0.25) is 4.79 Å². The Morgan fingerprint density at radius 1 is 1.33 bits per heavy atom. The molecule has 0 amide bonds. The second kappa shape index (κ2) is 5.80. The zero-order valence-electron chi connectivity index (χ0n) is 9.56. The van der Waals surface area contributed by atoms with Gasteiger partial charge >= 0.3 is 6.18 Å². The Hall–Kier alpha value is -1.65. The van der Waals surface area contributed by atoms with Crippen LogP contribution in [0.2, 0.25) is 0 Å². The molecule has 0 radical (unpaired) electrons. The molecular formula is C13H12F4O. The third kappa shape index (κ3) is 3.68. The number of rotatable bonds is 5. The van der Waals surface area contributed by atoms with Crippen LogP contribution < -0.4 is 0 Å². The maximum absolute atomic E-state index is 12.9. The van der Waals surface area contributed by atoms with Gasteiger partial charge in [0.25, 0.3) is 0 Å². The monoisotopic (exact) mass is 260 g/mol. The molecule has 0 spiro atoms. The van der Waals surface area contributed by atoms with Crippen LogP contribution in [0.1, 0.15) is 35.2 Å². The van der Waals surface area contributed by atoms with Crippen molar-refractivity contribution in [3.8, 4) is 0 Å². The van der Waals surface area contributed by atoms with E-state index >= 15 is 0 Å². The Balaban J connectivity index is 3.02. The molecule has 0 heterocycles. The number of allylic oxidation sites excluding steroid dienone is 1. The van der Waals surface area contributed by atoms with E-state index < -0.39 is 28.9 Å². The Kier molecular flexibility index (Phi) is 4.64. The minimum Gasteiger partial charge on any atom is -0.294 e. The number of carbonyl (C=O) groups is 1. The van der Waals surface area contributed by atoms with Crippen LogP contribution in [-0.2, 0) is 6.18 Å². The zero-order valence-corrected chi connectivity index (χ0v) is 9.56. The van der Waals surface area contributed by atoms with E-state index in [2.05, 4.69) is 6.58 Å². The standard InChI is InChI=1S/C13H12F4O/c1-2-3-4-5-12(18)10-8-9(14)6-7-11(10)13(15,16)17/h2,6-8H,1,3-5H2. The largest absolute Gasteiger partial charge is 0.417 e. The molecule has 1 aromatic carbocycles. The maximum atomic E-state index is 12.9. The van der Waals surface area contributed by atoms with E-state index in [4.69, 9.17) is 0 Å². The number of hydrogen-bond acceptors (Lipinski definition) is 1. The number of benzene rings is 1. The minimum absolute atomic E-state index is 0.0570. The van der Waals surface area contributed by atoms with Crippen molar-refractivity contribution >= 4 is 5.78 Å². The fraction of sp³-hybridized carbons (Fsp3) is 0.308. The summed E-state index contributed by atoms with van der Waals surface area (Å²) in [6.07, 6.45) is -2.21. The van der Waals surface area contributed by atoms with E-state index in [1.54, 1.807) is 6.08 Å². The fourth-order valence-electron chi connectivity index (χ4n) is 1.54. The molecule has 0 aliphatic carbocycles. The zero-order chi connectivity index (χ0) is 13.8. The van der Waals surface area contributed by atoms with Crippen LogP contribution in [0.25, 0.3) is 0 Å². The van der Waals surface area contributed by atoms with Gasteiger partial charge in [-0.15, -0.1) is 6.58 Å². The number of carbonyl (C=O) groups excluding carboxylic acids is 1. The lowest BCUT2D eigenvalue weighted by atomic mass is 9.99. The first-order valence-corrected chi connectivity index (χ1v) is 5.37. The second-order valence-corrected chi connectivity index (χ2v) is 3.79. The topological polar surface area (TPSA) is 17.1 Å². The third-order valence-corrected chi connectivity index (χ3v) is 2.40. The van der Waals surface area contributed by atoms with Gasteiger partial charge in [0.05, 0.1) is 5.56 Å². The maximum Gasteiger partial charge on any atom is 0.417 e. The van der Waals surface area contributed by atoms with Crippen LogP contribution in [-0.4, -0.2) is 5.78 Å². The predicted octanol–water partition coefficient (Wildman–Crippen LogP) is 4.38. The summed E-state index contributed by atoms with van der Waals surface area (Å²) >= 11 is 0. The van der Waals surface area contributed by atoms with Crippen LogP contribution in [0, 0.1) is 5.82 Å². The number of Topliss-reactive ketones (excluding diaryl/α,β-unsaturated/α-hetero) is 1. The lowest BCUT2D eigenvalue weighted by Gasteiger charge is -2.11. The minimum atomic E-state index is -4.66. The van der Waals surface area contributed by atoms with E-state index in [1.807, 2.05) is 0 Å². The molecule has 0 atom stereocenters. The summed E-state index contributed by atoms with van der Waals surface area (Å²) in [6.45, 7) is 3.45. The van der Waals surface area contributed by atoms with Gasteiger partial charge in [0.15, 0.2) is 5.78 Å². The summed E-state index contributed by atoms with van der Waals surface area (Å²) in [4.78, 5) is 11.6. The van der Waals surface area contributed by atoms with Crippen molar-refractivity contribution in [1.29, 1.82) is 0 Å². The van der Waals surface area contributed by atoms with Gasteiger partial charge in [0.2, 0.25) is 0 Å². The van der Waals surface area contributed by atoms with Gasteiger partial charge in [-0.1, -0.05) is 6.08 Å². The van der Waals surface area contributed by atoms with Crippen molar-refractivity contribution in [3.05, 3.63) is 47.8 Å². The lowest BCUT2D eigenvalue weighted by Crippen LogP contribution is -2.13. The van der Waals surface area contributed by atoms with Gasteiger partial charge in [0, 0.05) is 12.0 Å². The first-order valence-electron chi connectivity index (χ1n) is 5.37. The average Bonchev–Trinajstić information content (AvgIpc) is 2.27. The molecule has 0 fully saturated rings. The molecule has 0 bridgehead atoms. The van der Waals surface area contributed by atoms with Crippen LogP contribution >= 0.6 is 0 Å². The average molecular weight is 260 g/mol. The van der Waals surface area contributed by atoms with Crippen molar-refractivity contribution in [2.24, 2.45) is 0 Å². The van der Waals surface area contributed by atoms with Crippen molar-refractivity contribution in [1.82, 2.24) is 0 Å². The number of alkyl halides is 3. The Morgan fingerprint density at radius 3 is 2.56 bits per heavy atom. The first kappa shape index (κ1) is 14.4. The first-order chi connectivity index (χ1) is 8.36. The Morgan fingerprint density at radius 2 is 2.00 bits per heavy atom. The lowest BCUT2D eigenvalue weighted by molar-refractivity contribution is -0.137. The number of ketones is 1. The molecule has 0 N–H and O–H groups in total. The highest BCUT2D eigenvalue weighted by Crippen LogP contribution is 2.33. The highest BCUT2D eigenvalue weighted by Gasteiger charge is 2.35. The highest BCUT2D eigenvalue weighted by atomic mass is 19.4. The van der Waals surface area contributed by atoms with Gasteiger partial charge in [0.1, 0.15) is 5.82 Å².